The van der Waals surface area contributed by atoms with Crippen LogP contribution < -0.4 is 10.6 Å². The van der Waals surface area contributed by atoms with Crippen LogP contribution in [0.25, 0.3) is 0 Å². The molecule has 0 saturated heterocycles. The number of anilines is 2. The maximum atomic E-state index is 12.2. The number of hydrogen-bond donors (Lipinski definition) is 2. The minimum Gasteiger partial charge on any atom is -0.352 e. The van der Waals surface area contributed by atoms with E-state index in [0.29, 0.717) is 17.9 Å². The molecule has 1 aromatic carbocycles. The highest BCUT2D eigenvalue weighted by Gasteiger charge is 2.08. The molecule has 0 aliphatic carbocycles. The van der Waals surface area contributed by atoms with Crippen molar-refractivity contribution >= 4 is 33.3 Å². The van der Waals surface area contributed by atoms with Gasteiger partial charge in [0.2, 0.25) is 0 Å². The number of aryl methyl sites for hydroxylation is 1. The Balaban J connectivity index is 1.99. The van der Waals surface area contributed by atoms with Crippen LogP contribution in [0.5, 0.6) is 0 Å². The normalized spacial score (nSPS) is 10.7. The molecule has 2 rings (SSSR count). The molecule has 0 atom stereocenters. The summed E-state index contributed by atoms with van der Waals surface area (Å²) in [4.78, 5) is 18.6. The fourth-order valence-electron chi connectivity index (χ4n) is 2.20. The molecule has 0 saturated carbocycles. The zero-order valence-corrected chi connectivity index (χ0v) is 15.9. The van der Waals surface area contributed by atoms with E-state index in [0.717, 1.165) is 23.1 Å². The highest BCUT2D eigenvalue weighted by Crippen LogP contribution is 2.26. The van der Waals surface area contributed by atoms with E-state index in [9.17, 15) is 4.79 Å². The van der Waals surface area contributed by atoms with Gasteiger partial charge in [0.05, 0.1) is 5.69 Å². The second-order valence-electron chi connectivity index (χ2n) is 5.95. The van der Waals surface area contributed by atoms with E-state index < -0.39 is 0 Å². The van der Waals surface area contributed by atoms with Crippen molar-refractivity contribution in [1.82, 2.24) is 15.2 Å². The molecule has 0 bridgehead atoms. The van der Waals surface area contributed by atoms with Gasteiger partial charge in [0.15, 0.2) is 0 Å². The van der Waals surface area contributed by atoms with Crippen LogP contribution in [-0.4, -0.2) is 43.0 Å². The predicted molar refractivity (Wildman–Crippen MR) is 102 cm³/mol. The van der Waals surface area contributed by atoms with E-state index in [-0.39, 0.29) is 5.91 Å². The van der Waals surface area contributed by atoms with Gasteiger partial charge in [-0.05, 0) is 79.7 Å². The largest absolute Gasteiger partial charge is 0.352 e. The summed E-state index contributed by atoms with van der Waals surface area (Å²) in [5.41, 5.74) is 2.68. The number of benzene rings is 1. The van der Waals surface area contributed by atoms with Crippen molar-refractivity contribution in [3.05, 3.63) is 52.1 Å². The van der Waals surface area contributed by atoms with Gasteiger partial charge in [-0.25, -0.2) is 4.98 Å². The first-order valence-electron chi connectivity index (χ1n) is 7.88. The van der Waals surface area contributed by atoms with Gasteiger partial charge in [0.25, 0.3) is 5.91 Å². The Morgan fingerprint density at radius 3 is 2.75 bits per heavy atom. The first-order chi connectivity index (χ1) is 11.5. The van der Waals surface area contributed by atoms with Crippen molar-refractivity contribution in [2.45, 2.75) is 13.3 Å². The lowest BCUT2D eigenvalue weighted by molar-refractivity contribution is 0.0952. The number of rotatable bonds is 7. The molecule has 2 aromatic rings. The molecule has 0 radical (unpaired) electrons. The molecule has 1 aromatic heterocycles. The number of halogens is 1. The number of nitrogens with one attached hydrogen (secondary N) is 2. The second kappa shape index (κ2) is 8.80. The van der Waals surface area contributed by atoms with Crippen molar-refractivity contribution < 1.29 is 4.79 Å². The van der Waals surface area contributed by atoms with Crippen LogP contribution in [0.1, 0.15) is 22.3 Å². The summed E-state index contributed by atoms with van der Waals surface area (Å²) >= 11 is 3.53. The Hall–Kier alpha value is -1.92. The van der Waals surface area contributed by atoms with E-state index >= 15 is 0 Å². The smallest absolute Gasteiger partial charge is 0.251 e. The van der Waals surface area contributed by atoms with Crippen LogP contribution >= 0.6 is 15.9 Å². The van der Waals surface area contributed by atoms with E-state index in [4.69, 9.17) is 0 Å². The molecule has 6 heteroatoms. The lowest BCUT2D eigenvalue weighted by Gasteiger charge is -2.11. The van der Waals surface area contributed by atoms with Gasteiger partial charge in [0, 0.05) is 22.8 Å². The van der Waals surface area contributed by atoms with Crippen molar-refractivity contribution in [1.29, 1.82) is 0 Å². The fourth-order valence-corrected chi connectivity index (χ4v) is 2.79. The molecule has 0 aliphatic rings. The van der Waals surface area contributed by atoms with E-state index in [1.807, 2.05) is 39.2 Å². The summed E-state index contributed by atoms with van der Waals surface area (Å²) < 4.78 is 0.961. The van der Waals surface area contributed by atoms with Crippen LogP contribution in [0.15, 0.2) is 41.0 Å². The van der Waals surface area contributed by atoms with Crippen molar-refractivity contribution in [3.8, 4) is 0 Å². The summed E-state index contributed by atoms with van der Waals surface area (Å²) in [6.45, 7) is 3.64. The zero-order valence-electron chi connectivity index (χ0n) is 14.3. The molecule has 5 nitrogen and oxygen atoms in total. The average Bonchev–Trinajstić information content (AvgIpc) is 2.54. The Bertz CT molecular complexity index is 703. The quantitative estimate of drug-likeness (QED) is 0.709. The molecule has 2 N–H and O–H groups in total. The summed E-state index contributed by atoms with van der Waals surface area (Å²) in [5, 5.41) is 6.17. The van der Waals surface area contributed by atoms with Gasteiger partial charge >= 0.3 is 0 Å². The number of carbonyl (C=O) groups is 1. The first-order valence-corrected chi connectivity index (χ1v) is 8.67. The Kier molecular flexibility index (Phi) is 6.75. The molecule has 128 valence electrons. The maximum Gasteiger partial charge on any atom is 0.251 e. The van der Waals surface area contributed by atoms with Gasteiger partial charge in [0.1, 0.15) is 5.82 Å². The number of carbonyl (C=O) groups excluding carboxylic acids is 1. The van der Waals surface area contributed by atoms with E-state index in [1.165, 1.54) is 5.56 Å². The Morgan fingerprint density at radius 2 is 2.04 bits per heavy atom. The van der Waals surface area contributed by atoms with Gasteiger partial charge in [-0.3, -0.25) is 4.79 Å². The average molecular weight is 391 g/mol. The highest BCUT2D eigenvalue weighted by molar-refractivity contribution is 9.10. The molecule has 24 heavy (non-hydrogen) atoms. The topological polar surface area (TPSA) is 57.3 Å². The fraction of sp³-hybridized carbons (Fsp3) is 0.333. The van der Waals surface area contributed by atoms with Gasteiger partial charge < -0.3 is 15.5 Å². The van der Waals surface area contributed by atoms with Crippen LogP contribution in [0.3, 0.4) is 0 Å². The molecule has 0 aliphatic heterocycles. The molecule has 0 spiro atoms. The predicted octanol–water partition coefficient (Wildman–Crippen LogP) is 3.58. The Morgan fingerprint density at radius 1 is 1.25 bits per heavy atom. The van der Waals surface area contributed by atoms with Crippen molar-refractivity contribution in [3.63, 3.8) is 0 Å². The van der Waals surface area contributed by atoms with Crippen LogP contribution in [0.2, 0.25) is 0 Å². The number of amides is 1. The third-order valence-electron chi connectivity index (χ3n) is 3.48. The summed E-state index contributed by atoms with van der Waals surface area (Å²) in [5.74, 6) is 0.558. The second-order valence-corrected chi connectivity index (χ2v) is 6.81. The van der Waals surface area contributed by atoms with Crippen LogP contribution in [0.4, 0.5) is 11.5 Å². The summed E-state index contributed by atoms with van der Waals surface area (Å²) in [6, 6.07) is 9.51. The number of pyridine rings is 1. The van der Waals surface area contributed by atoms with Gasteiger partial charge in [-0.2, -0.15) is 0 Å². The highest BCUT2D eigenvalue weighted by atomic mass is 79.9. The van der Waals surface area contributed by atoms with Crippen LogP contribution in [-0.2, 0) is 0 Å². The van der Waals surface area contributed by atoms with Crippen LogP contribution in [0, 0.1) is 6.92 Å². The lowest BCUT2D eigenvalue weighted by Crippen LogP contribution is -2.27. The third-order valence-corrected chi connectivity index (χ3v) is 4.13. The van der Waals surface area contributed by atoms with Gasteiger partial charge in [-0.15, -0.1) is 0 Å². The number of aromatic nitrogens is 1. The summed E-state index contributed by atoms with van der Waals surface area (Å²) in [6.07, 6.45) is 2.56. The zero-order chi connectivity index (χ0) is 17.5. The maximum absolute atomic E-state index is 12.2. The standard InChI is InChI=1S/C18H23BrN4O/c1-13-5-6-16(15(19)11-13)22-17-12-14(7-9-20-17)18(24)21-8-4-10-23(2)3/h5-7,9,11-12H,4,8,10H2,1-3H3,(H,20,22)(H,21,24). The van der Waals surface area contributed by atoms with Crippen molar-refractivity contribution in [2.75, 3.05) is 32.5 Å². The molecule has 0 fully saturated rings. The lowest BCUT2D eigenvalue weighted by atomic mass is 10.2. The minimum absolute atomic E-state index is 0.0813. The van der Waals surface area contributed by atoms with E-state index in [2.05, 4.69) is 36.4 Å². The SMILES string of the molecule is Cc1ccc(Nc2cc(C(=O)NCCCN(C)C)ccn2)c(Br)c1. The van der Waals surface area contributed by atoms with Gasteiger partial charge in [-0.1, -0.05) is 6.07 Å². The first kappa shape index (κ1) is 18.4. The number of nitrogens with zero attached hydrogens (tertiary/aromatic N) is 2. The van der Waals surface area contributed by atoms with Crippen molar-refractivity contribution in [2.24, 2.45) is 0 Å². The molecular weight excluding hydrogens is 368 g/mol. The van der Waals surface area contributed by atoms with E-state index in [1.54, 1.807) is 18.3 Å². The number of hydrogen-bond acceptors (Lipinski definition) is 4. The molecule has 0 unspecified atom stereocenters. The molecular formula is C18H23BrN4O. The Labute approximate surface area is 151 Å². The molecule has 1 amide bonds. The molecule has 1 heterocycles. The minimum atomic E-state index is -0.0813. The monoisotopic (exact) mass is 390 g/mol. The summed E-state index contributed by atoms with van der Waals surface area (Å²) in [7, 11) is 4.04. The third kappa shape index (κ3) is 5.62.